The zero-order chi connectivity index (χ0) is 17.4. The zero-order valence-electron chi connectivity index (χ0n) is 15.8. The van der Waals surface area contributed by atoms with Gasteiger partial charge in [0, 0.05) is 5.92 Å². The Hall–Kier alpha value is -1.18. The molecule has 0 atom stereocenters. The molecule has 25 heavy (non-hydrogen) atoms. The van der Waals surface area contributed by atoms with Crippen molar-refractivity contribution in [2.45, 2.75) is 40.5 Å². The van der Waals surface area contributed by atoms with E-state index in [0.717, 1.165) is 38.4 Å². The van der Waals surface area contributed by atoms with Crippen LogP contribution in [0.4, 0.5) is 5.95 Å². The Bertz CT molecular complexity index is 484. The van der Waals surface area contributed by atoms with Crippen molar-refractivity contribution in [3.8, 4) is 12.0 Å². The quantitative estimate of drug-likeness (QED) is 0.540. The zero-order valence-corrected chi connectivity index (χ0v) is 16.6. The van der Waals surface area contributed by atoms with Crippen LogP contribution in [0.3, 0.4) is 0 Å². The van der Waals surface area contributed by atoms with Gasteiger partial charge >= 0.3 is 18.0 Å². The van der Waals surface area contributed by atoms with E-state index in [1.807, 2.05) is 0 Å². The normalized spacial score (nSPS) is 16.4. The lowest BCUT2D eigenvalue weighted by atomic mass is 10.1. The molecule has 0 unspecified atom stereocenters. The van der Waals surface area contributed by atoms with Crippen molar-refractivity contribution >= 4 is 5.95 Å². The van der Waals surface area contributed by atoms with E-state index in [4.69, 9.17) is 14.2 Å². The molecule has 0 saturated carbocycles. The van der Waals surface area contributed by atoms with Crippen LogP contribution in [0.25, 0.3) is 0 Å². The first-order chi connectivity index (χ1) is 11.6. The Morgan fingerprint density at radius 2 is 1.48 bits per heavy atom. The average molecular weight is 375 g/mol. The van der Waals surface area contributed by atoms with E-state index in [2.05, 4.69) is 42.6 Å². The number of aromatic nitrogens is 3. The molecule has 0 aliphatic carbocycles. The number of rotatable bonds is 9. The number of hydrogen-bond donors (Lipinski definition) is 0. The number of halogens is 1. The van der Waals surface area contributed by atoms with Gasteiger partial charge in [0.15, 0.2) is 0 Å². The van der Waals surface area contributed by atoms with Gasteiger partial charge < -0.3 is 26.6 Å². The monoisotopic (exact) mass is 374 g/mol. The van der Waals surface area contributed by atoms with Crippen molar-refractivity contribution in [2.24, 2.45) is 5.92 Å². The SMILES string of the molecule is CCCOc1nc(OCCC)nc([N+]2(CC(C)C)CCOCC2)n1.[Cl-]. The van der Waals surface area contributed by atoms with Crippen LogP contribution >= 0.6 is 0 Å². The highest BCUT2D eigenvalue weighted by molar-refractivity contribution is 5.29. The van der Waals surface area contributed by atoms with Crippen molar-refractivity contribution in [2.75, 3.05) is 46.1 Å². The summed E-state index contributed by atoms with van der Waals surface area (Å²) in [5, 5.41) is 0. The minimum absolute atomic E-state index is 0. The Kier molecular flexibility index (Phi) is 9.38. The van der Waals surface area contributed by atoms with Crippen molar-refractivity contribution in [3.05, 3.63) is 0 Å². The summed E-state index contributed by atoms with van der Waals surface area (Å²) in [6, 6.07) is 0.724. The highest BCUT2D eigenvalue weighted by Gasteiger charge is 2.38. The van der Waals surface area contributed by atoms with Crippen molar-refractivity contribution in [1.29, 1.82) is 0 Å². The second kappa shape index (κ2) is 10.7. The maximum atomic E-state index is 5.67. The second-order valence-electron chi connectivity index (χ2n) is 6.68. The number of nitrogens with zero attached hydrogens (tertiary/aromatic N) is 4. The molecular formula is C17H31ClN4O3. The van der Waals surface area contributed by atoms with Crippen LogP contribution in [0, 0.1) is 5.92 Å². The molecular weight excluding hydrogens is 344 g/mol. The highest BCUT2D eigenvalue weighted by atomic mass is 35.5. The Labute approximate surface area is 157 Å². The van der Waals surface area contributed by atoms with Gasteiger partial charge in [-0.25, -0.2) is 0 Å². The molecule has 8 heteroatoms. The summed E-state index contributed by atoms with van der Waals surface area (Å²) in [4.78, 5) is 13.5. The van der Waals surface area contributed by atoms with Crippen molar-refractivity contribution < 1.29 is 26.6 Å². The molecule has 1 fully saturated rings. The van der Waals surface area contributed by atoms with E-state index >= 15 is 0 Å². The smallest absolute Gasteiger partial charge is 0.338 e. The fourth-order valence-corrected chi connectivity index (χ4v) is 2.91. The largest absolute Gasteiger partial charge is 1.00 e. The Balaban J connectivity index is 0.00000312. The molecule has 144 valence electrons. The first-order valence-corrected chi connectivity index (χ1v) is 9.05. The minimum Gasteiger partial charge on any atom is -1.00 e. The van der Waals surface area contributed by atoms with E-state index in [0.29, 0.717) is 48.8 Å². The molecule has 1 aromatic heterocycles. The highest BCUT2D eigenvalue weighted by Crippen LogP contribution is 2.26. The summed E-state index contributed by atoms with van der Waals surface area (Å²) in [7, 11) is 0. The molecule has 7 nitrogen and oxygen atoms in total. The van der Waals surface area contributed by atoms with Crippen molar-refractivity contribution in [3.63, 3.8) is 0 Å². The molecule has 0 spiro atoms. The Morgan fingerprint density at radius 3 is 1.92 bits per heavy atom. The molecule has 2 heterocycles. The summed E-state index contributed by atoms with van der Waals surface area (Å²) < 4.78 is 17.6. The maximum Gasteiger partial charge on any atom is 0.338 e. The fourth-order valence-electron chi connectivity index (χ4n) is 2.91. The molecule has 0 aromatic carbocycles. The third kappa shape index (κ3) is 6.24. The third-order valence-electron chi connectivity index (χ3n) is 3.92. The van der Waals surface area contributed by atoms with Gasteiger partial charge in [0.2, 0.25) is 0 Å². The first-order valence-electron chi connectivity index (χ1n) is 9.05. The summed E-state index contributed by atoms with van der Waals surface area (Å²) >= 11 is 0. The predicted octanol–water partition coefficient (Wildman–Crippen LogP) is -0.553. The van der Waals surface area contributed by atoms with Crippen LogP contribution in [-0.4, -0.2) is 61.0 Å². The van der Waals surface area contributed by atoms with Gasteiger partial charge in [0.25, 0.3) is 0 Å². The number of ether oxygens (including phenoxy) is 3. The summed E-state index contributed by atoms with van der Waals surface area (Å²) in [5.41, 5.74) is 0. The lowest BCUT2D eigenvalue weighted by molar-refractivity contribution is -0.00000943. The van der Waals surface area contributed by atoms with E-state index in [1.165, 1.54) is 0 Å². The van der Waals surface area contributed by atoms with Crippen molar-refractivity contribution in [1.82, 2.24) is 19.4 Å². The number of quaternary nitrogens is 1. The van der Waals surface area contributed by atoms with E-state index in [9.17, 15) is 0 Å². The predicted molar refractivity (Wildman–Crippen MR) is 93.5 cm³/mol. The van der Waals surface area contributed by atoms with Gasteiger partial charge in [-0.15, -0.1) is 15.0 Å². The molecule has 1 aromatic rings. The molecule has 1 saturated heterocycles. The number of hydrogen-bond acceptors (Lipinski definition) is 6. The first kappa shape index (κ1) is 21.9. The summed E-state index contributed by atoms with van der Waals surface area (Å²) in [6.45, 7) is 13.9. The lowest BCUT2D eigenvalue weighted by Crippen LogP contribution is -3.00. The summed E-state index contributed by atoms with van der Waals surface area (Å²) in [5.74, 6) is 1.26. The maximum absolute atomic E-state index is 5.67. The van der Waals surface area contributed by atoms with Gasteiger partial charge in [0.1, 0.15) is 13.1 Å². The van der Waals surface area contributed by atoms with E-state index in [1.54, 1.807) is 0 Å². The second-order valence-corrected chi connectivity index (χ2v) is 6.68. The standard InChI is InChI=1S/C17H31N4O3.ClH/c1-5-9-23-16-18-15(19-17(20-16)24-10-6-2)21(13-14(3)4)7-11-22-12-8-21;/h14H,5-13H2,1-4H3;1H/q+1;/p-1. The van der Waals surface area contributed by atoms with Crippen LogP contribution < -0.4 is 26.4 Å². The molecule has 0 amide bonds. The van der Waals surface area contributed by atoms with Gasteiger partial charge in [-0.2, -0.15) is 0 Å². The Morgan fingerprint density at radius 1 is 0.960 bits per heavy atom. The van der Waals surface area contributed by atoms with Gasteiger partial charge in [-0.05, 0) is 12.8 Å². The van der Waals surface area contributed by atoms with Gasteiger partial charge in [-0.1, -0.05) is 27.7 Å². The van der Waals surface area contributed by atoms with Crippen LogP contribution in [0.5, 0.6) is 12.0 Å². The molecule has 1 aliphatic rings. The van der Waals surface area contributed by atoms with E-state index < -0.39 is 0 Å². The molecule has 2 rings (SSSR count). The van der Waals surface area contributed by atoms with E-state index in [-0.39, 0.29) is 12.4 Å². The molecule has 0 radical (unpaired) electrons. The molecule has 0 N–H and O–H groups in total. The lowest BCUT2D eigenvalue weighted by Gasteiger charge is -2.39. The van der Waals surface area contributed by atoms with Crippen LogP contribution in [0.15, 0.2) is 0 Å². The minimum atomic E-state index is 0. The molecule has 1 aliphatic heterocycles. The van der Waals surface area contributed by atoms with Gasteiger partial charge in [-0.3, -0.25) is 4.48 Å². The van der Waals surface area contributed by atoms with Crippen LogP contribution in [0.1, 0.15) is 40.5 Å². The van der Waals surface area contributed by atoms with Crippen LogP contribution in [-0.2, 0) is 4.74 Å². The molecule has 0 bridgehead atoms. The third-order valence-corrected chi connectivity index (χ3v) is 3.92. The van der Waals surface area contributed by atoms with Crippen LogP contribution in [0.2, 0.25) is 0 Å². The fraction of sp³-hybridized carbons (Fsp3) is 0.824. The number of morpholine rings is 1. The average Bonchev–Trinajstić information content (AvgIpc) is 2.58. The van der Waals surface area contributed by atoms with Gasteiger partial charge in [0.05, 0.1) is 33.0 Å². The topological polar surface area (TPSA) is 66.4 Å². The summed E-state index contributed by atoms with van der Waals surface area (Å²) in [6.07, 6.45) is 1.82.